The number of aliphatic imine (C=N–C) groups is 1. The Morgan fingerprint density at radius 2 is 1.82 bits per heavy atom. The Bertz CT molecular complexity index is 338. The van der Waals surface area contributed by atoms with E-state index in [2.05, 4.69) is 11.6 Å². The molecule has 1 fully saturated rings. The highest BCUT2D eigenvalue weighted by molar-refractivity contribution is 5.98. The standard InChI is InChI=1S/C14H22N2O/c1-11-9-10-14(17)16(12(2)15-11)13-7-5-3-4-6-8-13/h13H,1,3-10H2,2H3. The van der Waals surface area contributed by atoms with Gasteiger partial charge in [0.1, 0.15) is 5.84 Å². The van der Waals surface area contributed by atoms with E-state index in [9.17, 15) is 4.79 Å². The maximum atomic E-state index is 12.2. The fourth-order valence-corrected chi connectivity index (χ4v) is 2.87. The van der Waals surface area contributed by atoms with Gasteiger partial charge in [0.25, 0.3) is 0 Å². The van der Waals surface area contributed by atoms with Gasteiger partial charge in [-0.1, -0.05) is 32.3 Å². The predicted octanol–water partition coefficient (Wildman–Crippen LogP) is 3.26. The van der Waals surface area contributed by atoms with Crippen molar-refractivity contribution in [1.82, 2.24) is 4.90 Å². The topological polar surface area (TPSA) is 32.7 Å². The second kappa shape index (κ2) is 5.48. The lowest BCUT2D eigenvalue weighted by atomic mass is 10.1. The van der Waals surface area contributed by atoms with E-state index in [1.165, 1.54) is 25.7 Å². The molecule has 0 N–H and O–H groups in total. The zero-order chi connectivity index (χ0) is 12.3. The van der Waals surface area contributed by atoms with Crippen LogP contribution in [0.3, 0.4) is 0 Å². The van der Waals surface area contributed by atoms with Gasteiger partial charge in [-0.15, -0.1) is 0 Å². The number of amides is 1. The van der Waals surface area contributed by atoms with E-state index >= 15 is 0 Å². The summed E-state index contributed by atoms with van der Waals surface area (Å²) in [7, 11) is 0. The Morgan fingerprint density at radius 3 is 2.47 bits per heavy atom. The van der Waals surface area contributed by atoms with Crippen LogP contribution in [0.4, 0.5) is 0 Å². The van der Waals surface area contributed by atoms with E-state index in [0.29, 0.717) is 18.9 Å². The molecule has 0 unspecified atom stereocenters. The third kappa shape index (κ3) is 2.96. The highest BCUT2D eigenvalue weighted by Crippen LogP contribution is 2.25. The second-order valence-electron chi connectivity index (χ2n) is 5.13. The molecule has 17 heavy (non-hydrogen) atoms. The van der Waals surface area contributed by atoms with Gasteiger partial charge in [0.05, 0.1) is 0 Å². The van der Waals surface area contributed by atoms with Crippen molar-refractivity contribution in [1.29, 1.82) is 0 Å². The number of carbonyl (C=O) groups excluding carboxylic acids is 1. The molecular weight excluding hydrogens is 212 g/mol. The van der Waals surface area contributed by atoms with Gasteiger partial charge in [-0.25, -0.2) is 4.99 Å². The first-order valence-electron chi connectivity index (χ1n) is 6.73. The first kappa shape index (κ1) is 12.3. The smallest absolute Gasteiger partial charge is 0.228 e. The van der Waals surface area contributed by atoms with Crippen molar-refractivity contribution in [2.24, 2.45) is 4.99 Å². The second-order valence-corrected chi connectivity index (χ2v) is 5.13. The minimum Gasteiger partial charge on any atom is -0.297 e. The van der Waals surface area contributed by atoms with E-state index in [-0.39, 0.29) is 5.91 Å². The summed E-state index contributed by atoms with van der Waals surface area (Å²) in [6, 6.07) is 0.375. The largest absolute Gasteiger partial charge is 0.297 e. The molecule has 0 aromatic heterocycles. The van der Waals surface area contributed by atoms with Crippen LogP contribution in [0.25, 0.3) is 0 Å². The summed E-state index contributed by atoms with van der Waals surface area (Å²) < 4.78 is 0. The molecule has 0 spiro atoms. The molecule has 0 bridgehead atoms. The molecule has 1 aliphatic heterocycles. The number of hydrogen-bond donors (Lipinski definition) is 0. The molecule has 94 valence electrons. The first-order chi connectivity index (χ1) is 8.18. The van der Waals surface area contributed by atoms with Crippen LogP contribution in [0.5, 0.6) is 0 Å². The maximum absolute atomic E-state index is 12.2. The molecule has 3 nitrogen and oxygen atoms in total. The quantitative estimate of drug-likeness (QED) is 0.641. The molecule has 0 aromatic carbocycles. The van der Waals surface area contributed by atoms with Gasteiger partial charge in [0.15, 0.2) is 0 Å². The van der Waals surface area contributed by atoms with Crippen LogP contribution in [0.1, 0.15) is 58.3 Å². The van der Waals surface area contributed by atoms with Gasteiger partial charge in [0, 0.05) is 18.2 Å². The Labute approximate surface area is 104 Å². The predicted molar refractivity (Wildman–Crippen MR) is 69.8 cm³/mol. The molecule has 3 heteroatoms. The molecule has 2 rings (SSSR count). The van der Waals surface area contributed by atoms with Gasteiger partial charge < -0.3 is 0 Å². The summed E-state index contributed by atoms with van der Waals surface area (Å²) in [6.07, 6.45) is 8.62. The monoisotopic (exact) mass is 234 g/mol. The lowest BCUT2D eigenvalue weighted by molar-refractivity contribution is -0.129. The van der Waals surface area contributed by atoms with E-state index in [1.807, 2.05) is 11.8 Å². The number of nitrogens with zero attached hydrogens (tertiary/aromatic N) is 2. The normalized spacial score (nSPS) is 24.3. The molecular formula is C14H22N2O. The molecule has 0 saturated heterocycles. The van der Waals surface area contributed by atoms with Gasteiger partial charge in [-0.05, 0) is 26.2 Å². The average molecular weight is 234 g/mol. The van der Waals surface area contributed by atoms with Crippen molar-refractivity contribution in [3.05, 3.63) is 12.3 Å². The summed E-state index contributed by atoms with van der Waals surface area (Å²) in [5.74, 6) is 1.08. The van der Waals surface area contributed by atoms with E-state index in [0.717, 1.165) is 24.4 Å². The van der Waals surface area contributed by atoms with Crippen molar-refractivity contribution in [2.45, 2.75) is 64.3 Å². The van der Waals surface area contributed by atoms with Crippen molar-refractivity contribution in [3.63, 3.8) is 0 Å². The Balaban J connectivity index is 2.17. The number of allylic oxidation sites excluding steroid dienone is 1. The van der Waals surface area contributed by atoms with Crippen LogP contribution < -0.4 is 0 Å². The van der Waals surface area contributed by atoms with Crippen LogP contribution in [-0.4, -0.2) is 22.7 Å². The minimum absolute atomic E-state index is 0.233. The van der Waals surface area contributed by atoms with Crippen molar-refractivity contribution >= 4 is 11.7 Å². The molecule has 0 radical (unpaired) electrons. The number of amidine groups is 1. The third-order valence-electron chi connectivity index (χ3n) is 3.75. The average Bonchev–Trinajstić information content (AvgIpc) is 2.60. The van der Waals surface area contributed by atoms with Crippen molar-refractivity contribution < 1.29 is 4.79 Å². The molecule has 2 aliphatic rings. The van der Waals surface area contributed by atoms with Crippen LogP contribution in [0.2, 0.25) is 0 Å². The highest BCUT2D eigenvalue weighted by Gasteiger charge is 2.28. The molecule has 1 saturated carbocycles. The van der Waals surface area contributed by atoms with Gasteiger partial charge in [-0.3, -0.25) is 9.69 Å². The lowest BCUT2D eigenvalue weighted by Gasteiger charge is -2.29. The minimum atomic E-state index is 0.233. The fourth-order valence-electron chi connectivity index (χ4n) is 2.87. The zero-order valence-electron chi connectivity index (χ0n) is 10.7. The highest BCUT2D eigenvalue weighted by atomic mass is 16.2. The fraction of sp³-hybridized carbons (Fsp3) is 0.714. The number of hydrogen-bond acceptors (Lipinski definition) is 2. The Morgan fingerprint density at radius 1 is 1.18 bits per heavy atom. The molecule has 1 aliphatic carbocycles. The molecule has 1 amide bonds. The number of rotatable bonds is 1. The SMILES string of the molecule is C=C1CCC(=O)N(C2CCCCCC2)C(C)=N1. The summed E-state index contributed by atoms with van der Waals surface area (Å²) in [5, 5.41) is 0. The van der Waals surface area contributed by atoms with Gasteiger partial charge in [-0.2, -0.15) is 0 Å². The van der Waals surface area contributed by atoms with Crippen molar-refractivity contribution in [3.8, 4) is 0 Å². The molecule has 0 aromatic rings. The Kier molecular flexibility index (Phi) is 3.97. The number of carbonyl (C=O) groups is 1. The summed E-state index contributed by atoms with van der Waals surface area (Å²) in [4.78, 5) is 18.6. The summed E-state index contributed by atoms with van der Waals surface area (Å²) in [6.45, 7) is 5.83. The first-order valence-corrected chi connectivity index (χ1v) is 6.73. The van der Waals surface area contributed by atoms with Crippen LogP contribution >= 0.6 is 0 Å². The van der Waals surface area contributed by atoms with E-state index in [1.54, 1.807) is 0 Å². The Hall–Kier alpha value is -1.12. The van der Waals surface area contributed by atoms with Crippen LogP contribution in [-0.2, 0) is 4.79 Å². The maximum Gasteiger partial charge on any atom is 0.228 e. The summed E-state index contributed by atoms with van der Waals surface area (Å²) >= 11 is 0. The van der Waals surface area contributed by atoms with Crippen LogP contribution in [0.15, 0.2) is 17.3 Å². The van der Waals surface area contributed by atoms with E-state index in [4.69, 9.17) is 0 Å². The van der Waals surface area contributed by atoms with Gasteiger partial charge in [0.2, 0.25) is 5.91 Å². The molecule has 1 heterocycles. The summed E-state index contributed by atoms with van der Waals surface area (Å²) in [5.41, 5.74) is 0.840. The molecule has 0 atom stereocenters. The lowest BCUT2D eigenvalue weighted by Crippen LogP contribution is -2.42. The zero-order valence-corrected chi connectivity index (χ0v) is 10.7. The van der Waals surface area contributed by atoms with E-state index < -0.39 is 0 Å². The third-order valence-corrected chi connectivity index (χ3v) is 3.75. The van der Waals surface area contributed by atoms with Crippen molar-refractivity contribution in [2.75, 3.05) is 0 Å². The van der Waals surface area contributed by atoms with Gasteiger partial charge >= 0.3 is 0 Å². The van der Waals surface area contributed by atoms with Crippen LogP contribution in [0, 0.1) is 0 Å².